The van der Waals surface area contributed by atoms with Gasteiger partial charge in [0.05, 0.1) is 9.52 Å². The Morgan fingerprint density at radius 3 is 1.34 bits per heavy atom. The van der Waals surface area contributed by atoms with E-state index in [9.17, 15) is 0 Å². The van der Waals surface area contributed by atoms with E-state index in [1.54, 1.807) is 0 Å². The van der Waals surface area contributed by atoms with Crippen molar-refractivity contribution in [1.82, 2.24) is 0 Å². The molecule has 2 radical (unpaired) electrons. The number of halogens is 2. The molecule has 0 nitrogen and oxygen atoms in total. The molecule has 68 heavy (non-hydrogen) atoms. The van der Waals surface area contributed by atoms with E-state index in [0.29, 0.717) is 11.8 Å². The van der Waals surface area contributed by atoms with Gasteiger partial charge in [0.15, 0.2) is 0 Å². The largest absolute Gasteiger partial charge is 0.184 e. The Kier molecular flexibility index (Phi) is 16.8. The zero-order valence-corrected chi connectivity index (χ0v) is 44.8. The Balaban J connectivity index is 0.000000140. The molecule has 0 fully saturated rings. The maximum absolute atomic E-state index is 4.93. The Morgan fingerprint density at radius 1 is 0.485 bits per heavy atom. The molecule has 2 unspecified atom stereocenters. The van der Waals surface area contributed by atoms with Crippen molar-refractivity contribution < 1.29 is 20.8 Å². The van der Waals surface area contributed by atoms with E-state index in [-0.39, 0.29) is 0 Å². The van der Waals surface area contributed by atoms with Gasteiger partial charge in [0, 0.05) is 0 Å². The normalized spacial score (nSPS) is 12.1. The molecule has 10 aromatic rings. The smallest absolute Gasteiger partial charge is 0.0920 e. The van der Waals surface area contributed by atoms with Gasteiger partial charge in [-0.15, -0.1) is 74.6 Å². The van der Waals surface area contributed by atoms with Crippen molar-refractivity contribution >= 4 is 58.5 Å². The Hall–Kier alpha value is -5.34. The minimum atomic E-state index is -0.826. The van der Waals surface area contributed by atoms with Gasteiger partial charge in [-0.3, -0.25) is 0 Å². The van der Waals surface area contributed by atoms with Gasteiger partial charge in [-0.25, -0.2) is 0 Å². The second-order valence-electron chi connectivity index (χ2n) is 17.7. The van der Waals surface area contributed by atoms with Crippen LogP contribution in [0.5, 0.6) is 0 Å². The van der Waals surface area contributed by atoms with Crippen LogP contribution in [-0.4, -0.2) is 9.52 Å². The predicted octanol–water partition coefficient (Wildman–Crippen LogP) is 17.9. The molecule has 0 bridgehead atoms. The molecule has 4 heteroatoms. The summed E-state index contributed by atoms with van der Waals surface area (Å²) in [6, 6.07) is 75.8. The summed E-state index contributed by atoms with van der Waals surface area (Å²) in [4.78, 5) is 0. The van der Waals surface area contributed by atoms with E-state index in [1.807, 2.05) is 6.07 Å². The van der Waals surface area contributed by atoms with Crippen molar-refractivity contribution in [3.63, 3.8) is 0 Å². The second kappa shape index (κ2) is 23.3. The van der Waals surface area contributed by atoms with Crippen LogP contribution in [0.2, 0.25) is 0 Å². The van der Waals surface area contributed by atoms with Crippen LogP contribution < -0.4 is 10.4 Å². The molecule has 11 rings (SSSR count). The first-order valence-corrected chi connectivity index (χ1v) is 31.1. The Morgan fingerprint density at radius 2 is 0.882 bits per heavy atom. The molecule has 0 aromatic heterocycles. The van der Waals surface area contributed by atoms with Crippen LogP contribution >= 0.6 is 17.0 Å². The summed E-state index contributed by atoms with van der Waals surface area (Å²) in [7, 11) is 10.7. The van der Waals surface area contributed by atoms with Gasteiger partial charge in [-0.2, -0.15) is 41.6 Å². The molecular formula is C64H57Cl2SiZr-3. The van der Waals surface area contributed by atoms with Gasteiger partial charge in [-0.1, -0.05) is 207 Å². The van der Waals surface area contributed by atoms with Gasteiger partial charge >= 0.3 is 37.9 Å². The van der Waals surface area contributed by atoms with Crippen molar-refractivity contribution in [2.75, 3.05) is 0 Å². The molecule has 10 aromatic carbocycles. The number of hydrogen-bond donors (Lipinski definition) is 0. The maximum atomic E-state index is 4.93. The predicted molar refractivity (Wildman–Crippen MR) is 295 cm³/mol. The monoisotopic (exact) mass is 1010 g/mol. The number of fused-ring (bicyclic) bond motifs is 5. The zero-order chi connectivity index (χ0) is 47.6. The first-order valence-electron chi connectivity index (χ1n) is 23.8. The number of aryl methyl sites for hydroxylation is 2. The minimum absolute atomic E-state index is 0.597. The standard InChI is InChI=1S/2C26H25.C12H7Si.2ClH.Zr/c2*1-4-18(2)22-16-21-15-14-19(3)26(25(21)17-22)24-13-9-8-12-23(24)20-10-6-5-7-11-20;1-3-7-11-9(5-1)10-6-2-4-8-12(10)13-11;;;/h2*5-18H,4H2,1-3H3;1-7H;2*1H;/q3*-1;;;+2/p-2. The van der Waals surface area contributed by atoms with Gasteiger partial charge in [0.2, 0.25) is 0 Å². The van der Waals surface area contributed by atoms with Crippen LogP contribution in [0.3, 0.4) is 0 Å². The number of hydrogen-bond acceptors (Lipinski definition) is 0. The third kappa shape index (κ3) is 10.9. The molecule has 1 heterocycles. The quantitative estimate of drug-likeness (QED) is 0.105. The van der Waals surface area contributed by atoms with Crippen molar-refractivity contribution in [2.45, 2.75) is 66.2 Å². The summed E-state index contributed by atoms with van der Waals surface area (Å²) in [5.74, 6) is 1.19. The third-order valence-electron chi connectivity index (χ3n) is 13.5. The maximum Gasteiger partial charge on any atom is 0.0920 e. The summed E-state index contributed by atoms with van der Waals surface area (Å²) < 4.78 is 0. The van der Waals surface area contributed by atoms with E-state index < -0.39 is 20.8 Å². The number of rotatable bonds is 8. The van der Waals surface area contributed by atoms with Crippen molar-refractivity contribution in [3.05, 3.63) is 229 Å². The van der Waals surface area contributed by atoms with Crippen LogP contribution in [0.25, 0.3) is 77.2 Å². The fourth-order valence-electron chi connectivity index (χ4n) is 9.45. The molecule has 1 aliphatic heterocycles. The van der Waals surface area contributed by atoms with E-state index >= 15 is 0 Å². The van der Waals surface area contributed by atoms with Gasteiger partial charge in [0.1, 0.15) is 0 Å². The summed E-state index contributed by atoms with van der Waals surface area (Å²) >= 11 is -0.826. The van der Waals surface area contributed by atoms with E-state index in [2.05, 4.69) is 242 Å². The molecule has 2 atom stereocenters. The van der Waals surface area contributed by atoms with Gasteiger partial charge < -0.3 is 0 Å². The molecule has 0 amide bonds. The first-order chi connectivity index (χ1) is 33.2. The summed E-state index contributed by atoms with van der Waals surface area (Å²) in [6.07, 6.45) is 2.34. The average molecular weight is 1020 g/mol. The average Bonchev–Trinajstić information content (AvgIpc) is 4.13. The fraction of sp³-hybridized carbons (Fsp3) is 0.156. The third-order valence-corrected chi connectivity index (χ3v) is 14.9. The van der Waals surface area contributed by atoms with Crippen LogP contribution in [-0.2, 0) is 20.8 Å². The molecule has 1 aliphatic rings. The zero-order valence-electron chi connectivity index (χ0n) is 39.9. The first kappa shape index (κ1) is 49.1. The molecule has 0 N–H and O–H groups in total. The van der Waals surface area contributed by atoms with Crippen molar-refractivity contribution in [3.8, 4) is 55.6 Å². The van der Waals surface area contributed by atoms with Crippen LogP contribution in [0.1, 0.15) is 74.6 Å². The summed E-state index contributed by atoms with van der Waals surface area (Å²) in [6.45, 7) is 13.6. The molecule has 0 saturated heterocycles. The van der Waals surface area contributed by atoms with E-state index in [0.717, 1.165) is 9.52 Å². The van der Waals surface area contributed by atoms with Crippen LogP contribution in [0, 0.1) is 19.9 Å². The van der Waals surface area contributed by atoms with Crippen molar-refractivity contribution in [2.24, 2.45) is 0 Å². The fourth-order valence-corrected chi connectivity index (χ4v) is 10.8. The summed E-state index contributed by atoms with van der Waals surface area (Å²) in [5, 5.41) is 8.28. The second-order valence-corrected chi connectivity index (χ2v) is 22.8. The van der Waals surface area contributed by atoms with Gasteiger partial charge in [-0.05, 0) is 59.1 Å². The minimum Gasteiger partial charge on any atom is -0.184 e. The Bertz CT molecular complexity index is 3020. The molecule has 0 aliphatic carbocycles. The molecule has 338 valence electrons. The van der Waals surface area contributed by atoms with Crippen LogP contribution in [0.15, 0.2) is 200 Å². The molecule has 0 saturated carbocycles. The van der Waals surface area contributed by atoms with Crippen molar-refractivity contribution in [1.29, 1.82) is 0 Å². The molecular weight excluding hydrogens is 959 g/mol. The topological polar surface area (TPSA) is 0 Å². The molecule has 0 spiro atoms. The SMILES string of the molecule is CCC(C)c1cc2c(-c3ccccc3-c3ccccc3)c(C)ccc2[cH-]1.CCC(C)c1cc2c(-c3ccccc3-c3ccccc3)c(C)ccc2[cH-]1.[Cl][Zr][Cl].[c-]1cccc2c1[Si]c1ccccc1-2. The van der Waals surface area contributed by atoms with E-state index in [4.69, 9.17) is 17.0 Å². The number of benzene rings is 8. The van der Waals surface area contributed by atoms with Crippen LogP contribution in [0.4, 0.5) is 0 Å². The Labute approximate surface area is 426 Å². The van der Waals surface area contributed by atoms with E-state index in [1.165, 1.54) is 123 Å². The summed E-state index contributed by atoms with van der Waals surface area (Å²) in [5.41, 5.74) is 18.9. The van der Waals surface area contributed by atoms with Gasteiger partial charge in [0.25, 0.3) is 0 Å².